The molecule has 0 saturated carbocycles. The molecule has 0 unspecified atom stereocenters. The first kappa shape index (κ1) is 28.1. The van der Waals surface area contributed by atoms with Gasteiger partial charge in [0.1, 0.15) is 0 Å². The van der Waals surface area contributed by atoms with Gasteiger partial charge in [-0.2, -0.15) is 24.9 Å². The van der Waals surface area contributed by atoms with E-state index in [-0.39, 0.29) is 28.7 Å². The number of thioether (sulfide) groups is 1. The summed E-state index contributed by atoms with van der Waals surface area (Å²) in [6.45, 7) is 8.53. The summed E-state index contributed by atoms with van der Waals surface area (Å²) >= 11 is 1.98. The maximum atomic E-state index is 12.5. The fourth-order valence-corrected chi connectivity index (χ4v) is 5.27. The van der Waals surface area contributed by atoms with E-state index in [1.165, 1.54) is 4.90 Å². The molecule has 2 rings (SSSR count). The monoisotopic (exact) mass is 566 g/mol. The van der Waals surface area contributed by atoms with E-state index in [0.717, 1.165) is 76.7 Å². The Morgan fingerprint density at radius 1 is 1.17 bits per heavy atom. The van der Waals surface area contributed by atoms with Gasteiger partial charge >= 0.3 is 6.18 Å². The molecule has 2 heterocycles. The first-order valence-electron chi connectivity index (χ1n) is 10.9. The molecule has 30 heavy (non-hydrogen) atoms. The van der Waals surface area contributed by atoms with E-state index in [9.17, 15) is 13.2 Å². The van der Waals surface area contributed by atoms with Gasteiger partial charge in [0, 0.05) is 31.1 Å². The van der Waals surface area contributed by atoms with Crippen molar-refractivity contribution in [2.45, 2.75) is 56.9 Å². The third-order valence-electron chi connectivity index (χ3n) is 5.68. The van der Waals surface area contributed by atoms with Gasteiger partial charge in [-0.05, 0) is 63.8 Å². The molecule has 0 aromatic heterocycles. The van der Waals surface area contributed by atoms with E-state index in [0.29, 0.717) is 19.0 Å². The third-order valence-corrected chi connectivity index (χ3v) is 7.12. The summed E-state index contributed by atoms with van der Waals surface area (Å²) in [5.41, 5.74) is 0. The Labute approximate surface area is 200 Å². The van der Waals surface area contributed by atoms with Crippen LogP contribution in [0.3, 0.4) is 0 Å². The average molecular weight is 567 g/mol. The summed E-state index contributed by atoms with van der Waals surface area (Å²) in [5.74, 6) is 2.39. The summed E-state index contributed by atoms with van der Waals surface area (Å²) in [6, 6.07) is 0. The minimum Gasteiger partial charge on any atom is -0.381 e. The lowest BCUT2D eigenvalue weighted by Gasteiger charge is -2.35. The van der Waals surface area contributed by atoms with Crippen LogP contribution in [0.2, 0.25) is 0 Å². The summed E-state index contributed by atoms with van der Waals surface area (Å²) in [6.07, 6.45) is 0.607. The summed E-state index contributed by atoms with van der Waals surface area (Å²) in [4.78, 5) is 6.37. The Morgan fingerprint density at radius 2 is 1.83 bits per heavy atom. The van der Waals surface area contributed by atoms with Gasteiger partial charge in [0.15, 0.2) is 5.96 Å². The smallest absolute Gasteiger partial charge is 0.381 e. The molecule has 0 aromatic carbocycles. The minimum absolute atomic E-state index is 0. The minimum atomic E-state index is -4.09. The lowest BCUT2D eigenvalue weighted by Crippen LogP contribution is -2.42. The molecular formula is C20H38F3IN4OS. The molecule has 0 atom stereocenters. The first-order valence-corrected chi connectivity index (χ1v) is 11.9. The highest BCUT2D eigenvalue weighted by molar-refractivity contribution is 14.0. The third kappa shape index (κ3) is 10.6. The molecule has 10 heteroatoms. The lowest BCUT2D eigenvalue weighted by atomic mass is 9.93. The van der Waals surface area contributed by atoms with Gasteiger partial charge in [-0.1, -0.05) is 6.92 Å². The molecule has 2 saturated heterocycles. The Bertz CT molecular complexity index is 491. The highest BCUT2D eigenvalue weighted by atomic mass is 127. The lowest BCUT2D eigenvalue weighted by molar-refractivity contribution is -0.148. The second kappa shape index (κ2) is 14.3. The molecule has 2 fully saturated rings. The number of alkyl halides is 3. The number of guanidine groups is 1. The zero-order valence-corrected chi connectivity index (χ0v) is 21.4. The first-order chi connectivity index (χ1) is 13.9. The van der Waals surface area contributed by atoms with Gasteiger partial charge < -0.3 is 15.4 Å². The number of hydrogen-bond donors (Lipinski definition) is 2. The molecule has 0 aromatic rings. The number of ether oxygens (including phenoxy) is 1. The Balaban J connectivity index is 0.00000450. The number of likely N-dealkylation sites (tertiary alicyclic amines) is 1. The van der Waals surface area contributed by atoms with E-state index in [2.05, 4.69) is 24.5 Å². The fourth-order valence-electron chi connectivity index (χ4n) is 4.04. The molecule has 0 aliphatic carbocycles. The van der Waals surface area contributed by atoms with Crippen LogP contribution in [-0.2, 0) is 4.74 Å². The average Bonchev–Trinajstić information content (AvgIpc) is 2.67. The van der Waals surface area contributed by atoms with Crippen LogP contribution in [-0.4, -0.2) is 80.0 Å². The van der Waals surface area contributed by atoms with Crippen LogP contribution in [0.15, 0.2) is 4.99 Å². The van der Waals surface area contributed by atoms with E-state index in [4.69, 9.17) is 9.73 Å². The molecule has 0 bridgehead atoms. The van der Waals surface area contributed by atoms with Crippen LogP contribution < -0.4 is 10.6 Å². The van der Waals surface area contributed by atoms with Crippen LogP contribution in [0, 0.1) is 5.92 Å². The number of nitrogens with zero attached hydrogens (tertiary/aromatic N) is 2. The Hall–Kier alpha value is 0.0600. The van der Waals surface area contributed by atoms with Crippen molar-refractivity contribution in [1.29, 1.82) is 0 Å². The van der Waals surface area contributed by atoms with Gasteiger partial charge in [-0.15, -0.1) is 24.0 Å². The van der Waals surface area contributed by atoms with Crippen LogP contribution in [0.5, 0.6) is 0 Å². The molecule has 2 aliphatic heterocycles. The van der Waals surface area contributed by atoms with Crippen molar-refractivity contribution in [2.24, 2.45) is 10.9 Å². The normalized spacial score (nSPS) is 21.2. The highest BCUT2D eigenvalue weighted by Gasteiger charge is 2.33. The van der Waals surface area contributed by atoms with Crippen molar-refractivity contribution in [1.82, 2.24) is 15.5 Å². The molecule has 0 amide bonds. The van der Waals surface area contributed by atoms with Crippen molar-refractivity contribution in [2.75, 3.05) is 58.2 Å². The topological polar surface area (TPSA) is 48.9 Å². The van der Waals surface area contributed by atoms with E-state index in [1.54, 1.807) is 0 Å². The number of halogens is 4. The molecule has 0 radical (unpaired) electrons. The van der Waals surface area contributed by atoms with E-state index < -0.39 is 12.7 Å². The molecule has 5 nitrogen and oxygen atoms in total. The summed E-state index contributed by atoms with van der Waals surface area (Å²) in [5, 5.41) is 6.74. The van der Waals surface area contributed by atoms with Gasteiger partial charge in [0.2, 0.25) is 0 Å². The van der Waals surface area contributed by atoms with Crippen molar-refractivity contribution >= 4 is 41.7 Å². The molecule has 0 spiro atoms. The van der Waals surface area contributed by atoms with Gasteiger partial charge in [-0.25, -0.2) is 0 Å². The van der Waals surface area contributed by atoms with E-state index >= 15 is 0 Å². The number of aliphatic imine (C=N–C) groups is 1. The number of rotatable bonds is 9. The maximum absolute atomic E-state index is 12.5. The summed E-state index contributed by atoms with van der Waals surface area (Å²) in [7, 11) is 0. The standard InChI is InChI=1S/C20H37F3N4OS.HI/c1-3-24-18(26-15-19(29-4-2)8-13-28-14-9-19)25-10-5-17-6-11-27(12-7-17)16-20(21,22)23;/h17H,3-16H2,1-2H3,(H2,24,25,26);1H. The number of hydrogen-bond acceptors (Lipinski definition) is 4. The van der Waals surface area contributed by atoms with Crippen molar-refractivity contribution < 1.29 is 17.9 Å². The quantitative estimate of drug-likeness (QED) is 0.250. The van der Waals surface area contributed by atoms with Crippen molar-refractivity contribution in [3.05, 3.63) is 0 Å². The van der Waals surface area contributed by atoms with E-state index in [1.807, 2.05) is 11.8 Å². The zero-order chi connectivity index (χ0) is 21.2. The second-order valence-electron chi connectivity index (χ2n) is 7.97. The van der Waals surface area contributed by atoms with Crippen LogP contribution >= 0.6 is 35.7 Å². The molecule has 2 aliphatic rings. The number of piperidine rings is 1. The highest BCUT2D eigenvalue weighted by Crippen LogP contribution is 2.35. The zero-order valence-electron chi connectivity index (χ0n) is 18.2. The van der Waals surface area contributed by atoms with Gasteiger partial charge in [0.25, 0.3) is 0 Å². The van der Waals surface area contributed by atoms with Crippen LogP contribution in [0.4, 0.5) is 13.2 Å². The van der Waals surface area contributed by atoms with Crippen molar-refractivity contribution in [3.8, 4) is 0 Å². The van der Waals surface area contributed by atoms with Crippen LogP contribution in [0.1, 0.15) is 46.0 Å². The summed E-state index contributed by atoms with van der Waals surface area (Å²) < 4.78 is 43.2. The SMILES string of the molecule is CCNC(=NCC1(SCC)CCOCC1)NCCC1CCN(CC(F)(F)F)CC1.I. The fraction of sp³-hybridized carbons (Fsp3) is 0.950. The van der Waals surface area contributed by atoms with Gasteiger partial charge in [-0.3, -0.25) is 9.89 Å². The second-order valence-corrected chi connectivity index (χ2v) is 9.71. The molecule has 2 N–H and O–H groups in total. The van der Waals surface area contributed by atoms with Crippen LogP contribution in [0.25, 0.3) is 0 Å². The Kier molecular flexibility index (Phi) is 13.4. The number of nitrogens with one attached hydrogen (secondary N) is 2. The predicted molar refractivity (Wildman–Crippen MR) is 130 cm³/mol. The molecule has 178 valence electrons. The maximum Gasteiger partial charge on any atom is 0.401 e. The Morgan fingerprint density at radius 3 is 2.40 bits per heavy atom. The largest absolute Gasteiger partial charge is 0.401 e. The van der Waals surface area contributed by atoms with Gasteiger partial charge in [0.05, 0.1) is 13.1 Å². The molecular weight excluding hydrogens is 528 g/mol. The van der Waals surface area contributed by atoms with Crippen molar-refractivity contribution in [3.63, 3.8) is 0 Å². The predicted octanol–water partition coefficient (Wildman–Crippen LogP) is 4.13.